The molecule has 1 aromatic carbocycles. The fraction of sp³-hybridized carbons (Fsp3) is 0.500. The molecule has 0 radical (unpaired) electrons. The van der Waals surface area contributed by atoms with Crippen molar-refractivity contribution in [3.63, 3.8) is 0 Å². The Kier molecular flexibility index (Phi) is 5.20. The van der Waals surface area contributed by atoms with Gasteiger partial charge < -0.3 is 5.11 Å². The van der Waals surface area contributed by atoms with Gasteiger partial charge in [-0.3, -0.25) is 4.90 Å². The van der Waals surface area contributed by atoms with Crippen molar-refractivity contribution in [1.29, 1.82) is 0 Å². The summed E-state index contributed by atoms with van der Waals surface area (Å²) in [6.07, 6.45) is 5.80. The van der Waals surface area contributed by atoms with Gasteiger partial charge in [-0.1, -0.05) is 55.7 Å². The first kappa shape index (κ1) is 16.7. The number of thiophene rings is 1. The minimum atomic E-state index is -0.458. The van der Waals surface area contributed by atoms with E-state index < -0.39 is 6.10 Å². The Morgan fingerprint density at radius 2 is 1.74 bits per heavy atom. The van der Waals surface area contributed by atoms with Crippen molar-refractivity contribution in [3.8, 4) is 0 Å². The molecule has 1 N–H and O–H groups in total. The summed E-state index contributed by atoms with van der Waals surface area (Å²) in [7, 11) is 2.20. The summed E-state index contributed by atoms with van der Waals surface area (Å²) in [5.41, 5.74) is 1.09. The minimum absolute atomic E-state index is 0.0811. The molecule has 23 heavy (non-hydrogen) atoms. The zero-order chi connectivity index (χ0) is 16.3. The molecule has 0 spiro atoms. The van der Waals surface area contributed by atoms with Crippen molar-refractivity contribution in [3.05, 3.63) is 58.3 Å². The lowest BCUT2D eigenvalue weighted by atomic mass is 9.78. The second-order valence-electron chi connectivity index (χ2n) is 6.78. The number of aliphatic hydroxyl groups excluding tert-OH is 1. The number of hydrogen-bond acceptors (Lipinski definition) is 3. The molecule has 3 heteroatoms. The Morgan fingerprint density at radius 3 is 2.35 bits per heavy atom. The van der Waals surface area contributed by atoms with E-state index in [1.165, 1.54) is 37.0 Å². The molecule has 1 aliphatic rings. The largest absolute Gasteiger partial charge is 0.387 e. The maximum absolute atomic E-state index is 10.9. The van der Waals surface area contributed by atoms with Gasteiger partial charge in [-0.15, -0.1) is 11.3 Å². The summed E-state index contributed by atoms with van der Waals surface area (Å²) in [5.74, 6) is 0. The van der Waals surface area contributed by atoms with Crippen molar-refractivity contribution in [2.75, 3.05) is 7.05 Å². The van der Waals surface area contributed by atoms with Crippen LogP contribution >= 0.6 is 11.3 Å². The molecule has 0 bridgehead atoms. The predicted octanol–water partition coefficient (Wildman–Crippen LogP) is 4.96. The summed E-state index contributed by atoms with van der Waals surface area (Å²) in [4.78, 5) is 3.89. The summed E-state index contributed by atoms with van der Waals surface area (Å²) in [5, 5.41) is 13.0. The Morgan fingerprint density at radius 1 is 1.04 bits per heavy atom. The van der Waals surface area contributed by atoms with Crippen LogP contribution in [0.4, 0.5) is 0 Å². The number of benzene rings is 1. The summed E-state index contributed by atoms with van der Waals surface area (Å²) >= 11 is 1.86. The molecule has 1 saturated carbocycles. The van der Waals surface area contributed by atoms with Crippen LogP contribution in [0.5, 0.6) is 0 Å². The number of hydrogen-bond donors (Lipinski definition) is 1. The van der Waals surface area contributed by atoms with E-state index in [0.29, 0.717) is 0 Å². The Balaban J connectivity index is 1.87. The van der Waals surface area contributed by atoms with Gasteiger partial charge in [-0.05, 0) is 43.8 Å². The lowest BCUT2D eigenvalue weighted by Gasteiger charge is -2.48. The number of rotatable bonds is 5. The highest BCUT2D eigenvalue weighted by molar-refractivity contribution is 7.10. The molecular formula is C20H27NOS. The summed E-state index contributed by atoms with van der Waals surface area (Å²) in [6.45, 7) is 2.15. The topological polar surface area (TPSA) is 23.5 Å². The lowest BCUT2D eigenvalue weighted by Crippen LogP contribution is -2.50. The van der Waals surface area contributed by atoms with Crippen LogP contribution in [0.1, 0.15) is 55.6 Å². The van der Waals surface area contributed by atoms with Crippen molar-refractivity contribution < 1.29 is 5.11 Å². The first-order valence-corrected chi connectivity index (χ1v) is 9.53. The Labute approximate surface area is 143 Å². The van der Waals surface area contributed by atoms with Crippen molar-refractivity contribution in [2.24, 2.45) is 0 Å². The molecule has 1 aromatic heterocycles. The monoisotopic (exact) mass is 329 g/mol. The molecule has 2 unspecified atom stereocenters. The van der Waals surface area contributed by atoms with E-state index in [4.69, 9.17) is 0 Å². The average molecular weight is 330 g/mol. The third kappa shape index (κ3) is 3.23. The van der Waals surface area contributed by atoms with Crippen LogP contribution in [-0.2, 0) is 5.54 Å². The van der Waals surface area contributed by atoms with Crippen LogP contribution in [0.25, 0.3) is 0 Å². The van der Waals surface area contributed by atoms with Crippen LogP contribution < -0.4 is 0 Å². The maximum Gasteiger partial charge on any atom is 0.0942 e. The van der Waals surface area contributed by atoms with E-state index in [1.54, 1.807) is 0 Å². The van der Waals surface area contributed by atoms with Crippen molar-refractivity contribution in [2.45, 2.75) is 56.7 Å². The van der Waals surface area contributed by atoms with Gasteiger partial charge in [0.15, 0.2) is 0 Å². The minimum Gasteiger partial charge on any atom is -0.387 e. The highest BCUT2D eigenvalue weighted by Gasteiger charge is 2.42. The van der Waals surface area contributed by atoms with Crippen LogP contribution in [0.15, 0.2) is 47.8 Å². The normalized spacial score (nSPS) is 20.3. The van der Waals surface area contributed by atoms with Gasteiger partial charge in [0.05, 0.1) is 11.6 Å². The van der Waals surface area contributed by atoms with E-state index in [0.717, 1.165) is 5.56 Å². The Hall–Kier alpha value is -1.16. The second-order valence-corrected chi connectivity index (χ2v) is 7.72. The molecule has 0 aliphatic heterocycles. The van der Waals surface area contributed by atoms with Crippen LogP contribution in [-0.4, -0.2) is 23.1 Å². The van der Waals surface area contributed by atoms with Gasteiger partial charge in [-0.2, -0.15) is 0 Å². The number of aliphatic hydroxyl groups is 1. The first-order valence-electron chi connectivity index (χ1n) is 8.65. The van der Waals surface area contributed by atoms with Gasteiger partial charge in [-0.25, -0.2) is 0 Å². The molecule has 3 rings (SSSR count). The van der Waals surface area contributed by atoms with E-state index in [2.05, 4.69) is 36.4 Å². The van der Waals surface area contributed by atoms with Crippen molar-refractivity contribution in [1.82, 2.24) is 4.90 Å². The zero-order valence-electron chi connectivity index (χ0n) is 14.1. The quantitative estimate of drug-likeness (QED) is 0.838. The fourth-order valence-electron chi connectivity index (χ4n) is 3.98. The highest BCUT2D eigenvalue weighted by atomic mass is 32.1. The summed E-state index contributed by atoms with van der Waals surface area (Å²) < 4.78 is 0. The number of nitrogens with zero attached hydrogens (tertiary/aromatic N) is 1. The third-order valence-corrected chi connectivity index (χ3v) is 6.61. The maximum atomic E-state index is 10.9. The fourth-order valence-corrected chi connectivity index (χ4v) is 5.01. The van der Waals surface area contributed by atoms with Crippen LogP contribution in [0.2, 0.25) is 0 Å². The molecule has 1 fully saturated rings. The van der Waals surface area contributed by atoms with Gasteiger partial charge >= 0.3 is 0 Å². The predicted molar refractivity (Wildman–Crippen MR) is 97.7 cm³/mol. The molecule has 1 aliphatic carbocycles. The van der Waals surface area contributed by atoms with Crippen LogP contribution in [0, 0.1) is 0 Å². The van der Waals surface area contributed by atoms with Gasteiger partial charge in [0, 0.05) is 10.9 Å². The molecule has 0 saturated heterocycles. The summed E-state index contributed by atoms with van der Waals surface area (Å²) in [6, 6.07) is 14.6. The first-order chi connectivity index (χ1) is 11.1. The highest BCUT2D eigenvalue weighted by Crippen LogP contribution is 2.45. The Bertz CT molecular complexity index is 589. The van der Waals surface area contributed by atoms with E-state index in [9.17, 15) is 5.11 Å². The molecule has 0 amide bonds. The van der Waals surface area contributed by atoms with E-state index >= 15 is 0 Å². The smallest absolute Gasteiger partial charge is 0.0942 e. The molecule has 1 heterocycles. The second kappa shape index (κ2) is 7.16. The van der Waals surface area contributed by atoms with Gasteiger partial charge in [0.2, 0.25) is 0 Å². The lowest BCUT2D eigenvalue weighted by molar-refractivity contribution is -0.0165. The molecular weight excluding hydrogens is 302 g/mol. The third-order valence-electron chi connectivity index (χ3n) is 5.54. The average Bonchev–Trinajstić information content (AvgIpc) is 3.16. The molecule has 124 valence electrons. The van der Waals surface area contributed by atoms with Gasteiger partial charge in [0.25, 0.3) is 0 Å². The standard InChI is InChI=1S/C20H27NOS/c1-16(19(22)17-10-5-3-6-11-17)21(2)20(13-7-4-8-14-20)18-12-9-15-23-18/h3,5-6,9-12,15-16,19,22H,4,7-8,13-14H2,1-2H3. The van der Waals surface area contributed by atoms with E-state index in [-0.39, 0.29) is 11.6 Å². The zero-order valence-corrected chi connectivity index (χ0v) is 14.9. The van der Waals surface area contributed by atoms with Crippen LogP contribution in [0.3, 0.4) is 0 Å². The van der Waals surface area contributed by atoms with Crippen molar-refractivity contribution >= 4 is 11.3 Å². The molecule has 2 nitrogen and oxygen atoms in total. The number of likely N-dealkylation sites (N-methyl/N-ethyl adjacent to an activating group) is 1. The SMILES string of the molecule is CC(C(O)c1ccccc1)N(C)C1(c2cccs2)CCCCC1. The molecule has 2 aromatic rings. The van der Waals surface area contributed by atoms with E-state index in [1.807, 2.05) is 41.7 Å². The molecule has 2 atom stereocenters. The van der Waals surface area contributed by atoms with Gasteiger partial charge in [0.1, 0.15) is 0 Å².